The monoisotopic (exact) mass is 240 g/mol. The maximum absolute atomic E-state index is 7.38. The lowest BCUT2D eigenvalue weighted by molar-refractivity contribution is 0.402. The fraction of sp³-hybridized carbons (Fsp3) is 0.636. The van der Waals surface area contributed by atoms with Crippen LogP contribution < -0.4 is 5.73 Å². The van der Waals surface area contributed by atoms with E-state index in [2.05, 4.69) is 5.10 Å². The van der Waals surface area contributed by atoms with Gasteiger partial charge in [0.2, 0.25) is 0 Å². The lowest BCUT2D eigenvalue weighted by Gasteiger charge is -2.15. The quantitative estimate of drug-likeness (QED) is 0.626. The SMILES string of the molecule is Cc1nn(CC2(CC(=N)N)CC2)c(C)c1Cl. The van der Waals surface area contributed by atoms with E-state index in [0.717, 1.165) is 35.8 Å². The van der Waals surface area contributed by atoms with Gasteiger partial charge in [0.15, 0.2) is 0 Å². The van der Waals surface area contributed by atoms with Crippen LogP contribution in [0.1, 0.15) is 30.7 Å². The highest BCUT2D eigenvalue weighted by atomic mass is 35.5. The van der Waals surface area contributed by atoms with E-state index in [1.165, 1.54) is 0 Å². The number of hydrogen-bond acceptors (Lipinski definition) is 2. The van der Waals surface area contributed by atoms with Crippen molar-refractivity contribution in [2.45, 2.75) is 39.7 Å². The standard InChI is InChI=1S/C11H17ClN4/c1-7-10(12)8(2)16(15-7)6-11(3-4-11)5-9(13)14/h3-6H2,1-2H3,(H3,13,14). The second-order valence-corrected chi connectivity index (χ2v) is 5.22. The molecule has 0 atom stereocenters. The largest absolute Gasteiger partial charge is 0.388 e. The summed E-state index contributed by atoms with van der Waals surface area (Å²) < 4.78 is 1.95. The molecule has 2 rings (SSSR count). The third-order valence-electron chi connectivity index (χ3n) is 3.30. The topological polar surface area (TPSA) is 67.7 Å². The molecule has 0 bridgehead atoms. The summed E-state index contributed by atoms with van der Waals surface area (Å²) >= 11 is 6.10. The molecular formula is C11H17ClN4. The highest BCUT2D eigenvalue weighted by Gasteiger charge is 2.43. The summed E-state index contributed by atoms with van der Waals surface area (Å²) in [4.78, 5) is 0. The summed E-state index contributed by atoms with van der Waals surface area (Å²) in [6.45, 7) is 4.72. The third-order valence-corrected chi connectivity index (χ3v) is 3.85. The minimum Gasteiger partial charge on any atom is -0.388 e. The zero-order chi connectivity index (χ0) is 11.9. The maximum Gasteiger partial charge on any atom is 0.0911 e. The maximum atomic E-state index is 7.38. The first-order valence-electron chi connectivity index (χ1n) is 5.46. The van der Waals surface area contributed by atoms with Crippen molar-refractivity contribution in [2.24, 2.45) is 11.1 Å². The second kappa shape index (κ2) is 3.77. The predicted octanol–water partition coefficient (Wildman–Crippen LogP) is 2.26. The summed E-state index contributed by atoms with van der Waals surface area (Å²) in [5, 5.41) is 12.5. The molecule has 1 fully saturated rings. The average Bonchev–Trinajstić information content (AvgIpc) is 2.88. The first-order valence-corrected chi connectivity index (χ1v) is 5.84. The van der Waals surface area contributed by atoms with Crippen molar-refractivity contribution >= 4 is 17.4 Å². The average molecular weight is 241 g/mol. The predicted molar refractivity (Wildman–Crippen MR) is 64.9 cm³/mol. The van der Waals surface area contributed by atoms with E-state index in [1.54, 1.807) is 0 Å². The Bertz CT molecular complexity index is 431. The van der Waals surface area contributed by atoms with Crippen LogP contribution in [0.5, 0.6) is 0 Å². The van der Waals surface area contributed by atoms with Crippen LogP contribution in [0.3, 0.4) is 0 Å². The van der Waals surface area contributed by atoms with Gasteiger partial charge in [0.05, 0.1) is 22.2 Å². The van der Waals surface area contributed by atoms with Crippen molar-refractivity contribution < 1.29 is 0 Å². The van der Waals surface area contributed by atoms with E-state index in [0.29, 0.717) is 6.42 Å². The number of amidine groups is 1. The zero-order valence-corrected chi connectivity index (χ0v) is 10.4. The van der Waals surface area contributed by atoms with Gasteiger partial charge in [-0.3, -0.25) is 10.1 Å². The zero-order valence-electron chi connectivity index (χ0n) is 9.68. The van der Waals surface area contributed by atoms with Gasteiger partial charge in [0.1, 0.15) is 0 Å². The summed E-state index contributed by atoms with van der Waals surface area (Å²) in [6, 6.07) is 0. The van der Waals surface area contributed by atoms with Crippen LogP contribution in [0.15, 0.2) is 0 Å². The molecule has 1 aliphatic rings. The van der Waals surface area contributed by atoms with Crippen LogP contribution in [0.2, 0.25) is 5.02 Å². The van der Waals surface area contributed by atoms with E-state index in [-0.39, 0.29) is 11.3 Å². The van der Waals surface area contributed by atoms with Crippen molar-refractivity contribution in [1.29, 1.82) is 5.41 Å². The molecule has 0 amide bonds. The number of nitrogens with one attached hydrogen (secondary N) is 1. The first-order chi connectivity index (χ1) is 7.43. The van der Waals surface area contributed by atoms with E-state index in [4.69, 9.17) is 22.7 Å². The van der Waals surface area contributed by atoms with Crippen LogP contribution >= 0.6 is 11.6 Å². The number of nitrogens with zero attached hydrogens (tertiary/aromatic N) is 2. The fourth-order valence-electron chi connectivity index (χ4n) is 2.12. The second-order valence-electron chi connectivity index (χ2n) is 4.84. The van der Waals surface area contributed by atoms with E-state index in [1.807, 2.05) is 18.5 Å². The third kappa shape index (κ3) is 2.07. The normalized spacial score (nSPS) is 17.4. The van der Waals surface area contributed by atoms with E-state index >= 15 is 0 Å². The Kier molecular flexibility index (Phi) is 2.70. The molecule has 88 valence electrons. The molecule has 1 aromatic rings. The van der Waals surface area contributed by atoms with Gasteiger partial charge < -0.3 is 5.73 Å². The van der Waals surface area contributed by atoms with Gasteiger partial charge in [-0.15, -0.1) is 0 Å². The van der Waals surface area contributed by atoms with Crippen LogP contribution in [-0.4, -0.2) is 15.6 Å². The van der Waals surface area contributed by atoms with Crippen LogP contribution in [-0.2, 0) is 6.54 Å². The Morgan fingerprint density at radius 2 is 2.19 bits per heavy atom. The van der Waals surface area contributed by atoms with Crippen LogP contribution in [0.25, 0.3) is 0 Å². The molecule has 1 heterocycles. The number of nitrogens with two attached hydrogens (primary N) is 1. The van der Waals surface area contributed by atoms with Crippen molar-refractivity contribution in [3.8, 4) is 0 Å². The number of hydrogen-bond donors (Lipinski definition) is 2. The van der Waals surface area contributed by atoms with Crippen molar-refractivity contribution in [1.82, 2.24) is 9.78 Å². The molecule has 16 heavy (non-hydrogen) atoms. The smallest absolute Gasteiger partial charge is 0.0911 e. The Morgan fingerprint density at radius 3 is 2.56 bits per heavy atom. The van der Waals surface area contributed by atoms with Crippen molar-refractivity contribution in [3.63, 3.8) is 0 Å². The molecule has 1 saturated carbocycles. The molecule has 1 aliphatic carbocycles. The Labute approximate surface area is 100 Å². The molecule has 3 N–H and O–H groups in total. The molecule has 0 spiro atoms. The van der Waals surface area contributed by atoms with E-state index < -0.39 is 0 Å². The highest BCUT2D eigenvalue weighted by Crippen LogP contribution is 2.50. The molecule has 0 aliphatic heterocycles. The van der Waals surface area contributed by atoms with Gasteiger partial charge in [-0.05, 0) is 32.1 Å². The minimum absolute atomic E-state index is 0.165. The summed E-state index contributed by atoms with van der Waals surface area (Å²) in [5.41, 5.74) is 7.52. The molecular weight excluding hydrogens is 224 g/mol. The molecule has 0 radical (unpaired) electrons. The molecule has 4 nitrogen and oxygen atoms in total. The Balaban J connectivity index is 2.15. The van der Waals surface area contributed by atoms with Crippen molar-refractivity contribution in [3.05, 3.63) is 16.4 Å². The fourth-order valence-corrected chi connectivity index (χ4v) is 2.25. The molecule has 5 heteroatoms. The lowest BCUT2D eigenvalue weighted by atomic mass is 10.0. The van der Waals surface area contributed by atoms with Gasteiger partial charge in [-0.1, -0.05) is 11.6 Å². The summed E-state index contributed by atoms with van der Waals surface area (Å²) in [7, 11) is 0. The molecule has 1 aromatic heterocycles. The lowest BCUT2D eigenvalue weighted by Crippen LogP contribution is -2.21. The minimum atomic E-state index is 0.165. The number of halogens is 1. The number of aromatic nitrogens is 2. The Morgan fingerprint density at radius 1 is 1.56 bits per heavy atom. The molecule has 0 saturated heterocycles. The molecule has 0 unspecified atom stereocenters. The highest BCUT2D eigenvalue weighted by molar-refractivity contribution is 6.31. The van der Waals surface area contributed by atoms with Gasteiger partial charge in [-0.25, -0.2) is 0 Å². The summed E-state index contributed by atoms with van der Waals surface area (Å²) in [6.07, 6.45) is 2.92. The summed E-state index contributed by atoms with van der Waals surface area (Å²) in [5.74, 6) is 0.269. The van der Waals surface area contributed by atoms with Gasteiger partial charge in [0, 0.05) is 13.0 Å². The van der Waals surface area contributed by atoms with Crippen LogP contribution in [0, 0.1) is 24.7 Å². The Hall–Kier alpha value is -1.03. The molecule has 0 aromatic carbocycles. The van der Waals surface area contributed by atoms with Gasteiger partial charge in [-0.2, -0.15) is 5.10 Å². The number of rotatable bonds is 4. The first kappa shape index (κ1) is 11.5. The van der Waals surface area contributed by atoms with Gasteiger partial charge in [0.25, 0.3) is 0 Å². The van der Waals surface area contributed by atoms with Gasteiger partial charge >= 0.3 is 0 Å². The number of aryl methyl sites for hydroxylation is 1. The van der Waals surface area contributed by atoms with Crippen LogP contribution in [0.4, 0.5) is 0 Å². The van der Waals surface area contributed by atoms with E-state index in [9.17, 15) is 0 Å². The van der Waals surface area contributed by atoms with Crippen molar-refractivity contribution in [2.75, 3.05) is 0 Å².